The molecule has 2 aromatic rings. The molecule has 1 aliphatic heterocycles. The minimum Gasteiger partial charge on any atom is -0.455 e. The third kappa shape index (κ3) is 7.77. The van der Waals surface area contributed by atoms with E-state index in [1.54, 1.807) is 48.5 Å². The van der Waals surface area contributed by atoms with Crippen LogP contribution >= 0.6 is 0 Å². The first kappa shape index (κ1) is 37.0. The Kier molecular flexibility index (Phi) is 12.5. The third-order valence-electron chi connectivity index (χ3n) is 8.86. The molecule has 1 heterocycles. The van der Waals surface area contributed by atoms with Gasteiger partial charge in [0, 0.05) is 25.6 Å². The highest BCUT2D eigenvalue weighted by atomic mass is 16.6. The number of fused-ring (bicyclic) bond motifs is 1. The molecule has 1 saturated carbocycles. The SMILES string of the molecule is COC1CC(=O)C2CCN(C(=O)[C@H](CCCCN)N(C(=O)OCc3ccccc3)C(=O)[C@H](C)N)[C@@]2(C(=O)OCC(=O)c2ccccc2)C1=O. The summed E-state index contributed by atoms with van der Waals surface area (Å²) < 4.78 is 16.2. The van der Waals surface area contributed by atoms with E-state index in [0.29, 0.717) is 16.9 Å². The predicted molar refractivity (Wildman–Crippen MR) is 174 cm³/mol. The first-order chi connectivity index (χ1) is 23.5. The van der Waals surface area contributed by atoms with Crippen molar-refractivity contribution in [1.29, 1.82) is 0 Å². The van der Waals surface area contributed by atoms with Crippen LogP contribution < -0.4 is 11.5 Å². The average molecular weight is 679 g/mol. The maximum absolute atomic E-state index is 14.7. The number of ketones is 3. The standard InChI is InChI=1S/C35H42N4O10/c1-22(37)31(43)39(34(46)49-20-23-11-5-3-6-12-23)26(15-9-10-17-36)32(44)38-18-16-25-27(40)19-29(47-2)30(42)35(25,38)33(45)48-21-28(41)24-13-7-4-8-14-24/h3-8,11-14,22,25-26,29H,9-10,15-21,36-37H2,1-2H3/t22-,25?,26-,29?,35+/m0/s1. The largest absolute Gasteiger partial charge is 0.455 e. The molecular weight excluding hydrogens is 636 g/mol. The number of carbonyl (C=O) groups is 7. The number of nitrogens with two attached hydrogens (primary N) is 2. The van der Waals surface area contributed by atoms with Crippen molar-refractivity contribution in [2.75, 3.05) is 26.8 Å². The maximum atomic E-state index is 14.7. The zero-order valence-electron chi connectivity index (χ0n) is 27.6. The number of hydrogen-bond acceptors (Lipinski definition) is 12. The number of methoxy groups -OCH3 is 1. The van der Waals surface area contributed by atoms with E-state index in [2.05, 4.69) is 0 Å². The third-order valence-corrected chi connectivity index (χ3v) is 8.86. The van der Waals surface area contributed by atoms with Crippen LogP contribution in [0.2, 0.25) is 0 Å². The molecule has 49 heavy (non-hydrogen) atoms. The number of imide groups is 1. The van der Waals surface area contributed by atoms with Gasteiger partial charge in [-0.1, -0.05) is 60.7 Å². The smallest absolute Gasteiger partial charge is 0.417 e. The van der Waals surface area contributed by atoms with Crippen LogP contribution in [0.25, 0.3) is 0 Å². The number of likely N-dealkylation sites (tertiary alicyclic amines) is 1. The van der Waals surface area contributed by atoms with Gasteiger partial charge >= 0.3 is 12.1 Å². The number of nitrogens with zero attached hydrogens (tertiary/aromatic N) is 2. The van der Waals surface area contributed by atoms with Crippen molar-refractivity contribution in [2.24, 2.45) is 17.4 Å². The van der Waals surface area contributed by atoms with E-state index in [9.17, 15) is 33.6 Å². The van der Waals surface area contributed by atoms with Gasteiger partial charge in [0.2, 0.25) is 17.4 Å². The Balaban J connectivity index is 1.75. The Morgan fingerprint density at radius 2 is 1.63 bits per heavy atom. The van der Waals surface area contributed by atoms with E-state index < -0.39 is 77.5 Å². The minimum absolute atomic E-state index is 0.0936. The monoisotopic (exact) mass is 678 g/mol. The molecule has 2 fully saturated rings. The van der Waals surface area contributed by atoms with E-state index in [4.69, 9.17) is 25.7 Å². The Morgan fingerprint density at radius 1 is 0.980 bits per heavy atom. The molecule has 4 N–H and O–H groups in total. The summed E-state index contributed by atoms with van der Waals surface area (Å²) in [5, 5.41) is 0. The van der Waals surface area contributed by atoms with Gasteiger partial charge in [0.25, 0.3) is 0 Å². The number of benzene rings is 2. The van der Waals surface area contributed by atoms with Crippen molar-refractivity contribution in [3.63, 3.8) is 0 Å². The van der Waals surface area contributed by atoms with Crippen LogP contribution in [0.3, 0.4) is 0 Å². The van der Waals surface area contributed by atoms with E-state index in [1.807, 2.05) is 0 Å². The lowest BCUT2D eigenvalue weighted by Crippen LogP contribution is -2.71. The number of unbranched alkanes of at least 4 members (excludes halogenated alkanes) is 1. The van der Waals surface area contributed by atoms with Gasteiger partial charge in [0.1, 0.15) is 24.5 Å². The van der Waals surface area contributed by atoms with Gasteiger partial charge in [-0.2, -0.15) is 0 Å². The topological polar surface area (TPSA) is 206 Å². The van der Waals surface area contributed by atoms with Gasteiger partial charge < -0.3 is 30.6 Å². The fraction of sp³-hybridized carbons (Fsp3) is 0.457. The van der Waals surface area contributed by atoms with Crippen molar-refractivity contribution in [3.05, 3.63) is 71.8 Å². The van der Waals surface area contributed by atoms with Crippen LogP contribution in [-0.2, 0) is 44.8 Å². The molecule has 0 aromatic heterocycles. The van der Waals surface area contributed by atoms with Crippen molar-refractivity contribution >= 4 is 41.2 Å². The van der Waals surface area contributed by atoms with Gasteiger partial charge in [-0.05, 0) is 44.7 Å². The van der Waals surface area contributed by atoms with E-state index in [0.717, 1.165) is 4.90 Å². The van der Waals surface area contributed by atoms with Crippen molar-refractivity contribution in [3.8, 4) is 0 Å². The highest BCUT2D eigenvalue weighted by molar-refractivity contribution is 6.20. The van der Waals surface area contributed by atoms with Gasteiger partial charge in [-0.3, -0.25) is 24.0 Å². The molecule has 0 radical (unpaired) electrons. The first-order valence-corrected chi connectivity index (χ1v) is 16.1. The Labute approximate surface area is 284 Å². The van der Waals surface area contributed by atoms with Gasteiger partial charge in [0.15, 0.2) is 18.2 Å². The minimum atomic E-state index is -2.52. The summed E-state index contributed by atoms with van der Waals surface area (Å²) in [4.78, 5) is 98.1. The average Bonchev–Trinajstić information content (AvgIpc) is 3.53. The molecule has 0 spiro atoms. The van der Waals surface area contributed by atoms with Crippen molar-refractivity contribution in [1.82, 2.24) is 9.80 Å². The zero-order valence-corrected chi connectivity index (χ0v) is 27.6. The first-order valence-electron chi connectivity index (χ1n) is 16.1. The lowest BCUT2D eigenvalue weighted by atomic mass is 9.70. The lowest BCUT2D eigenvalue weighted by Gasteiger charge is -2.44. The second-order valence-corrected chi connectivity index (χ2v) is 12.1. The molecule has 0 bridgehead atoms. The highest BCUT2D eigenvalue weighted by Crippen LogP contribution is 2.44. The number of hydrogen-bond donors (Lipinski definition) is 2. The van der Waals surface area contributed by atoms with Gasteiger partial charge in [0.05, 0.1) is 12.0 Å². The lowest BCUT2D eigenvalue weighted by molar-refractivity contribution is -0.178. The number of esters is 1. The fourth-order valence-corrected chi connectivity index (χ4v) is 6.37. The number of carbonyl (C=O) groups excluding carboxylic acids is 7. The van der Waals surface area contributed by atoms with Crippen LogP contribution in [-0.4, -0.2) is 102 Å². The molecule has 2 aromatic carbocycles. The zero-order chi connectivity index (χ0) is 35.7. The molecule has 5 atom stereocenters. The van der Waals surface area contributed by atoms with E-state index in [-0.39, 0.29) is 50.9 Å². The quantitative estimate of drug-likeness (QED) is 0.126. The van der Waals surface area contributed by atoms with Gasteiger partial charge in [-0.15, -0.1) is 0 Å². The van der Waals surface area contributed by atoms with E-state index in [1.165, 1.54) is 26.2 Å². The number of rotatable bonds is 14. The second-order valence-electron chi connectivity index (χ2n) is 12.1. The second kappa shape index (κ2) is 16.5. The molecule has 2 aliphatic rings. The molecule has 14 heteroatoms. The summed E-state index contributed by atoms with van der Waals surface area (Å²) >= 11 is 0. The molecule has 4 rings (SSSR count). The fourth-order valence-electron chi connectivity index (χ4n) is 6.37. The van der Waals surface area contributed by atoms with Crippen molar-refractivity contribution < 1.29 is 47.8 Å². The molecular formula is C35H42N4O10. The van der Waals surface area contributed by atoms with Gasteiger partial charge in [-0.25, -0.2) is 14.5 Å². The van der Waals surface area contributed by atoms with Crippen molar-refractivity contribution in [2.45, 2.75) is 69.4 Å². The molecule has 14 nitrogen and oxygen atoms in total. The van der Waals surface area contributed by atoms with Crippen LogP contribution in [0.1, 0.15) is 54.9 Å². The maximum Gasteiger partial charge on any atom is 0.417 e. The Morgan fingerprint density at radius 3 is 2.24 bits per heavy atom. The molecule has 3 amide bonds. The summed E-state index contributed by atoms with van der Waals surface area (Å²) in [6.07, 6.45) is -2.45. The van der Waals surface area contributed by atoms with E-state index >= 15 is 0 Å². The Bertz CT molecular complexity index is 1550. The highest BCUT2D eigenvalue weighted by Gasteiger charge is 2.69. The summed E-state index contributed by atoms with van der Waals surface area (Å²) in [5.41, 5.74) is 9.98. The van der Waals surface area contributed by atoms with Crippen LogP contribution in [0.5, 0.6) is 0 Å². The molecule has 1 saturated heterocycles. The van der Waals surface area contributed by atoms with Crippen LogP contribution in [0.15, 0.2) is 60.7 Å². The summed E-state index contributed by atoms with van der Waals surface area (Å²) in [6.45, 7) is 0.292. The van der Waals surface area contributed by atoms with Crippen LogP contribution in [0.4, 0.5) is 4.79 Å². The Hall–Kier alpha value is -4.79. The molecule has 1 aliphatic carbocycles. The number of ether oxygens (including phenoxy) is 3. The summed E-state index contributed by atoms with van der Waals surface area (Å²) in [6, 6.07) is 13.8. The molecule has 262 valence electrons. The van der Waals surface area contributed by atoms with Crippen LogP contribution in [0, 0.1) is 5.92 Å². The summed E-state index contributed by atoms with van der Waals surface area (Å²) in [5.74, 6) is -6.52. The molecule has 2 unspecified atom stereocenters. The normalized spacial score (nSPS) is 21.3. The number of Topliss-reactive ketones (excluding diaryl/α,β-unsaturated/α-hetero) is 3. The number of amides is 3. The predicted octanol–water partition coefficient (Wildman–Crippen LogP) is 1.57. The summed E-state index contributed by atoms with van der Waals surface area (Å²) in [7, 11) is 1.19.